The largest absolute Gasteiger partial charge is 0.455 e. The van der Waals surface area contributed by atoms with Crippen molar-refractivity contribution in [3.8, 4) is 39.6 Å². The second kappa shape index (κ2) is 11.0. The third kappa shape index (κ3) is 6.06. The Morgan fingerprint density at radius 1 is 0.605 bits per heavy atom. The highest BCUT2D eigenvalue weighted by atomic mass is 35.7. The molecule has 0 unspecified atom stereocenters. The van der Waals surface area contributed by atoms with Crippen LogP contribution in [0.25, 0.3) is 28.1 Å². The lowest BCUT2D eigenvalue weighted by Crippen LogP contribution is -2.68. The Labute approximate surface area is 226 Å². The number of rotatable bonds is 3. The first kappa shape index (κ1) is 25.9. The molecule has 0 atom stereocenters. The second-order valence-corrected chi connectivity index (χ2v) is 10.3. The Balaban J connectivity index is 0.000000540. The maximum atomic E-state index is 8.49. The van der Waals surface area contributed by atoms with E-state index in [-0.39, 0.29) is 0 Å². The molecular formula is C30H22ClNO5S. The average Bonchev–Trinajstić information content (AvgIpc) is 2.91. The molecule has 1 aliphatic heterocycles. The van der Waals surface area contributed by atoms with Gasteiger partial charge in [-0.05, 0) is 41.5 Å². The van der Waals surface area contributed by atoms with Crippen molar-refractivity contribution < 1.29 is 38.2 Å². The predicted octanol–water partition coefficient (Wildman–Crippen LogP) is 3.11. The quantitative estimate of drug-likeness (QED) is 0.318. The number of ether oxygens (including phenoxy) is 1. The van der Waals surface area contributed by atoms with E-state index in [1.807, 2.05) is 12.1 Å². The van der Waals surface area contributed by atoms with Crippen molar-refractivity contribution in [2.24, 2.45) is 0 Å². The lowest BCUT2D eigenvalue weighted by molar-refractivity contribution is -2.00. The van der Waals surface area contributed by atoms with Crippen LogP contribution < -0.4 is 27.9 Å². The van der Waals surface area contributed by atoms with E-state index in [0.717, 1.165) is 32.7 Å². The first-order valence-electron chi connectivity index (χ1n) is 11.6. The third-order valence-electron chi connectivity index (χ3n) is 5.90. The molecule has 0 saturated heterocycles. The smallest absolute Gasteiger partial charge is 0.219 e. The summed E-state index contributed by atoms with van der Waals surface area (Å²) in [7, 11) is -4.94. The summed E-state index contributed by atoms with van der Waals surface area (Å²) in [5, 5.41) is 0. The Morgan fingerprint density at radius 2 is 1.18 bits per heavy atom. The van der Waals surface area contributed by atoms with E-state index < -0.39 is 10.2 Å². The molecule has 0 amide bonds. The van der Waals surface area contributed by atoms with Crippen molar-refractivity contribution in [3.63, 3.8) is 0 Å². The van der Waals surface area contributed by atoms with Gasteiger partial charge in [0, 0.05) is 36.8 Å². The molecule has 6 nitrogen and oxygen atoms in total. The molecule has 0 radical (unpaired) electrons. The molecule has 6 rings (SSSR count). The third-order valence-corrected chi connectivity index (χ3v) is 7.00. The Morgan fingerprint density at radius 3 is 1.87 bits per heavy atom. The van der Waals surface area contributed by atoms with Gasteiger partial charge in [0.2, 0.25) is 11.4 Å². The molecule has 0 fully saturated rings. The molecule has 0 N–H and O–H groups in total. The summed E-state index contributed by atoms with van der Waals surface area (Å²) in [5.74, 6) is 1.83. The molecule has 1 aliphatic rings. The van der Waals surface area contributed by atoms with Gasteiger partial charge in [-0.3, -0.25) is 0 Å². The van der Waals surface area contributed by atoms with E-state index in [1.165, 1.54) is 22.4 Å². The van der Waals surface area contributed by atoms with Crippen LogP contribution in [0, 0.1) is 17.2 Å². The number of halogens is 1. The summed E-state index contributed by atoms with van der Waals surface area (Å²) in [5.41, 5.74) is 7.09. The molecule has 0 aliphatic carbocycles. The Hall–Kier alpha value is -3.69. The van der Waals surface area contributed by atoms with E-state index in [1.54, 1.807) is 11.8 Å². The van der Waals surface area contributed by atoms with Gasteiger partial charge in [-0.2, -0.15) is 4.57 Å². The zero-order valence-corrected chi connectivity index (χ0v) is 21.8. The Bertz CT molecular complexity index is 1570. The van der Waals surface area contributed by atoms with Crippen LogP contribution in [0.4, 0.5) is 0 Å². The minimum atomic E-state index is -4.94. The standard InChI is InChI=1S/C30H22NOS.ClHO4/c1-21-18-24(22-10-4-2-5-11-22)19-26(23-12-6-3-7-13-23)31(21)25-16-17-28-30(20-25)33-29-15-9-8-14-27(29)32-28;2-1(3,4)5/h2-20H,1H3;(H,2,3,4,5)/q+1;/p-1. The van der Waals surface area contributed by atoms with Gasteiger partial charge >= 0.3 is 0 Å². The number of hydrogen-bond acceptors (Lipinski definition) is 6. The molecule has 1 aromatic heterocycles. The fourth-order valence-corrected chi connectivity index (χ4v) is 5.33. The number of aryl methyl sites for hydroxylation is 1. The number of pyridine rings is 1. The number of benzene rings is 4. The number of aromatic nitrogens is 1. The summed E-state index contributed by atoms with van der Waals surface area (Å²) in [6.07, 6.45) is 0. The first-order chi connectivity index (χ1) is 18.3. The van der Waals surface area contributed by atoms with E-state index in [2.05, 4.69) is 115 Å². The van der Waals surface area contributed by atoms with Crippen LogP contribution in [0.1, 0.15) is 5.69 Å². The van der Waals surface area contributed by atoms with Crippen LogP contribution in [0.2, 0.25) is 0 Å². The highest BCUT2D eigenvalue weighted by molar-refractivity contribution is 7.99. The van der Waals surface area contributed by atoms with E-state index >= 15 is 0 Å². The predicted molar refractivity (Wildman–Crippen MR) is 134 cm³/mol. The van der Waals surface area contributed by atoms with Crippen molar-refractivity contribution in [2.75, 3.05) is 0 Å². The molecule has 4 aromatic carbocycles. The van der Waals surface area contributed by atoms with Gasteiger partial charge in [0.05, 0.1) is 9.79 Å². The van der Waals surface area contributed by atoms with Crippen LogP contribution in [0.3, 0.4) is 0 Å². The zero-order valence-electron chi connectivity index (χ0n) is 20.2. The molecule has 190 valence electrons. The van der Waals surface area contributed by atoms with Gasteiger partial charge in [-0.1, -0.05) is 72.4 Å². The molecule has 0 bridgehead atoms. The lowest BCUT2D eigenvalue weighted by atomic mass is 10.0. The average molecular weight is 544 g/mol. The van der Waals surface area contributed by atoms with Gasteiger partial charge in [0.15, 0.2) is 5.69 Å². The number of fused-ring (bicyclic) bond motifs is 2. The van der Waals surface area contributed by atoms with Gasteiger partial charge in [-0.25, -0.2) is 18.6 Å². The maximum absolute atomic E-state index is 8.49. The normalized spacial score (nSPS) is 11.9. The zero-order chi connectivity index (χ0) is 26.7. The highest BCUT2D eigenvalue weighted by Crippen LogP contribution is 2.47. The van der Waals surface area contributed by atoms with Gasteiger partial charge in [0.1, 0.15) is 11.5 Å². The monoisotopic (exact) mass is 543 g/mol. The van der Waals surface area contributed by atoms with Crippen LogP contribution in [-0.2, 0) is 0 Å². The second-order valence-electron chi connectivity index (χ2n) is 8.50. The van der Waals surface area contributed by atoms with Gasteiger partial charge < -0.3 is 4.74 Å². The number of nitrogens with zero attached hydrogens (tertiary/aromatic N) is 1. The van der Waals surface area contributed by atoms with Crippen molar-refractivity contribution in [3.05, 3.63) is 121 Å². The number of hydrogen-bond donors (Lipinski definition) is 0. The highest BCUT2D eigenvalue weighted by Gasteiger charge is 2.25. The molecule has 2 heterocycles. The maximum Gasteiger partial charge on any atom is 0.219 e. The van der Waals surface area contributed by atoms with Crippen LogP contribution in [-0.4, -0.2) is 0 Å². The summed E-state index contributed by atoms with van der Waals surface area (Å²) in [6, 6.07) is 40.4. The summed E-state index contributed by atoms with van der Waals surface area (Å²) in [6.45, 7) is 2.18. The fraction of sp³-hybridized carbons (Fsp3) is 0.0333. The van der Waals surface area contributed by atoms with Gasteiger partial charge in [0.25, 0.3) is 0 Å². The van der Waals surface area contributed by atoms with Crippen molar-refractivity contribution in [1.29, 1.82) is 0 Å². The lowest BCUT2D eigenvalue weighted by Gasteiger charge is -2.19. The van der Waals surface area contributed by atoms with E-state index in [9.17, 15) is 0 Å². The minimum absolute atomic E-state index is 0.905. The SMILES string of the molecule is Cc1cc(-c2ccccc2)cc(-c2ccccc2)[n+]1-c1ccc2c(c1)Sc1ccccc1O2.[O-][Cl+3]([O-])([O-])[O-]. The molecule has 8 heteroatoms. The summed E-state index contributed by atoms with van der Waals surface area (Å²) < 4.78 is 42.5. The topological polar surface area (TPSA) is 105 Å². The molecule has 38 heavy (non-hydrogen) atoms. The van der Waals surface area contributed by atoms with Gasteiger partial charge in [-0.15, -0.1) is 10.2 Å². The fourth-order valence-electron chi connectivity index (χ4n) is 4.35. The summed E-state index contributed by atoms with van der Waals surface area (Å²) >= 11 is 1.76. The summed E-state index contributed by atoms with van der Waals surface area (Å²) in [4.78, 5) is 2.27. The van der Waals surface area contributed by atoms with E-state index in [4.69, 9.17) is 23.4 Å². The molecular weight excluding hydrogens is 522 g/mol. The molecule has 0 saturated carbocycles. The number of para-hydroxylation sites is 1. The molecule has 5 aromatic rings. The van der Waals surface area contributed by atoms with Crippen molar-refractivity contribution in [2.45, 2.75) is 16.7 Å². The first-order valence-corrected chi connectivity index (χ1v) is 13.7. The van der Waals surface area contributed by atoms with Crippen LogP contribution in [0.5, 0.6) is 11.5 Å². The van der Waals surface area contributed by atoms with E-state index in [0.29, 0.717) is 0 Å². The minimum Gasteiger partial charge on any atom is -0.455 e. The molecule has 0 spiro atoms. The van der Waals surface area contributed by atoms with Crippen LogP contribution >= 0.6 is 11.8 Å². The van der Waals surface area contributed by atoms with Crippen LogP contribution in [0.15, 0.2) is 125 Å². The van der Waals surface area contributed by atoms with Crippen molar-refractivity contribution in [1.82, 2.24) is 0 Å². The van der Waals surface area contributed by atoms with Crippen molar-refractivity contribution >= 4 is 11.8 Å². The Kier molecular flexibility index (Phi) is 7.49.